The summed E-state index contributed by atoms with van der Waals surface area (Å²) in [5.41, 5.74) is 5.92. The number of thiophene rings is 1. The van der Waals surface area contributed by atoms with Gasteiger partial charge in [-0.05, 0) is 0 Å². The summed E-state index contributed by atoms with van der Waals surface area (Å²) in [5.74, 6) is 7.27. The van der Waals surface area contributed by atoms with Crippen LogP contribution in [0.4, 0.5) is 0 Å². The van der Waals surface area contributed by atoms with Crippen LogP contribution in [0.2, 0.25) is 17.3 Å². The van der Waals surface area contributed by atoms with Crippen LogP contribution in [-0.2, 0) is 0 Å². The molecule has 4 heteroatoms. The number of nitrogens with zero attached hydrogens (tertiary/aromatic N) is 2. The standard InChI is InChI=1S/C25H24GeN2S/c1-15-11-19-23-16(2)7-6-8-22(23)29-25(19)20(12-15)24-18-10-9-17(26(3,4)5)13-21(18)27-14-28-24/h6-14H,1-5H3. The van der Waals surface area contributed by atoms with E-state index in [1.54, 1.807) is 6.33 Å². The van der Waals surface area contributed by atoms with E-state index in [-0.39, 0.29) is 0 Å². The summed E-state index contributed by atoms with van der Waals surface area (Å²) in [5, 5.41) is 3.86. The summed E-state index contributed by atoms with van der Waals surface area (Å²) < 4.78 is 4.14. The average Bonchev–Trinajstić information content (AvgIpc) is 3.05. The molecule has 2 heterocycles. The molecule has 0 bridgehead atoms. The Kier molecular flexibility index (Phi) is 4.30. The quantitative estimate of drug-likeness (QED) is 0.272. The number of rotatable bonds is 2. The summed E-state index contributed by atoms with van der Waals surface area (Å²) in [6.07, 6.45) is 1.73. The second kappa shape index (κ2) is 6.64. The van der Waals surface area contributed by atoms with Crippen molar-refractivity contribution in [2.75, 3.05) is 0 Å². The minimum absolute atomic E-state index is 1.04. The fourth-order valence-corrected chi connectivity index (χ4v) is 7.86. The van der Waals surface area contributed by atoms with Crippen LogP contribution in [0, 0.1) is 13.8 Å². The molecule has 5 aromatic rings. The van der Waals surface area contributed by atoms with Crippen LogP contribution in [-0.4, -0.2) is 23.2 Å². The van der Waals surface area contributed by atoms with Crippen LogP contribution in [0.3, 0.4) is 0 Å². The van der Waals surface area contributed by atoms with Crippen molar-refractivity contribution in [3.63, 3.8) is 0 Å². The second-order valence-electron chi connectivity index (χ2n) is 8.94. The Hall–Kier alpha value is -2.24. The van der Waals surface area contributed by atoms with E-state index in [0.717, 1.165) is 16.6 Å². The van der Waals surface area contributed by atoms with Crippen molar-refractivity contribution >= 4 is 60.1 Å². The molecule has 144 valence electrons. The molecular formula is C25H24GeN2S. The summed E-state index contributed by atoms with van der Waals surface area (Å²) in [4.78, 5) is 9.39. The van der Waals surface area contributed by atoms with Crippen LogP contribution in [0.5, 0.6) is 0 Å². The van der Waals surface area contributed by atoms with Crippen molar-refractivity contribution < 1.29 is 0 Å². The molecule has 29 heavy (non-hydrogen) atoms. The van der Waals surface area contributed by atoms with Gasteiger partial charge in [0.1, 0.15) is 0 Å². The summed E-state index contributed by atoms with van der Waals surface area (Å²) in [7, 11) is 0. The molecule has 0 unspecified atom stereocenters. The van der Waals surface area contributed by atoms with E-state index >= 15 is 0 Å². The summed E-state index contributed by atoms with van der Waals surface area (Å²) in [6.45, 7) is 4.38. The number of benzene rings is 3. The first kappa shape index (κ1) is 18.8. The van der Waals surface area contributed by atoms with Gasteiger partial charge in [0.25, 0.3) is 0 Å². The summed E-state index contributed by atoms with van der Waals surface area (Å²) >= 11 is -0.0350. The SMILES string of the molecule is Cc1cc(-c2ncnc3c[c]([Ge]([CH3])([CH3])[CH3])ccc23)c2sc3cccc(C)c3c2c1. The van der Waals surface area contributed by atoms with Gasteiger partial charge in [0, 0.05) is 0 Å². The van der Waals surface area contributed by atoms with Crippen LogP contribution in [0.25, 0.3) is 42.3 Å². The molecule has 0 aliphatic carbocycles. The molecule has 0 saturated heterocycles. The number of aromatic nitrogens is 2. The maximum absolute atomic E-state index is 4.76. The average molecular weight is 457 g/mol. The van der Waals surface area contributed by atoms with Gasteiger partial charge in [-0.2, -0.15) is 0 Å². The number of fused-ring (bicyclic) bond motifs is 4. The molecule has 0 aliphatic heterocycles. The summed E-state index contributed by atoms with van der Waals surface area (Å²) in [6, 6.07) is 18.0. The molecule has 0 saturated carbocycles. The first-order valence-electron chi connectivity index (χ1n) is 10.0. The van der Waals surface area contributed by atoms with Gasteiger partial charge in [-0.15, -0.1) is 0 Å². The molecule has 0 fully saturated rings. The van der Waals surface area contributed by atoms with Gasteiger partial charge in [-0.3, -0.25) is 0 Å². The molecule has 0 aliphatic rings. The number of hydrogen-bond donors (Lipinski definition) is 0. The van der Waals surface area contributed by atoms with E-state index in [4.69, 9.17) is 4.98 Å². The fraction of sp³-hybridized carbons (Fsp3) is 0.200. The molecule has 0 radical (unpaired) electrons. The fourth-order valence-electron chi connectivity index (χ4n) is 4.16. The second-order valence-corrected chi connectivity index (χ2v) is 20.6. The van der Waals surface area contributed by atoms with Crippen LogP contribution < -0.4 is 4.40 Å². The Morgan fingerprint density at radius 3 is 2.48 bits per heavy atom. The van der Waals surface area contributed by atoms with Crippen molar-refractivity contribution in [3.8, 4) is 11.3 Å². The molecule has 2 aromatic heterocycles. The number of hydrogen-bond acceptors (Lipinski definition) is 3. The zero-order chi connectivity index (χ0) is 20.3. The zero-order valence-corrected chi connectivity index (χ0v) is 20.4. The van der Waals surface area contributed by atoms with Gasteiger partial charge in [-0.1, -0.05) is 0 Å². The van der Waals surface area contributed by atoms with E-state index < -0.39 is 13.3 Å². The molecule has 5 rings (SSSR count). The van der Waals surface area contributed by atoms with Crippen LogP contribution in [0.1, 0.15) is 11.1 Å². The maximum atomic E-state index is 4.76. The van der Waals surface area contributed by atoms with E-state index in [9.17, 15) is 0 Å². The van der Waals surface area contributed by atoms with Crippen molar-refractivity contribution in [2.24, 2.45) is 0 Å². The van der Waals surface area contributed by atoms with Crippen LogP contribution in [0.15, 0.2) is 54.9 Å². The van der Waals surface area contributed by atoms with E-state index in [0.29, 0.717) is 0 Å². The molecule has 0 N–H and O–H groups in total. The Bertz CT molecular complexity index is 1410. The molecule has 0 amide bonds. The van der Waals surface area contributed by atoms with E-state index in [1.165, 1.54) is 41.3 Å². The Morgan fingerprint density at radius 2 is 1.69 bits per heavy atom. The zero-order valence-electron chi connectivity index (χ0n) is 17.5. The van der Waals surface area contributed by atoms with Crippen molar-refractivity contribution in [2.45, 2.75) is 31.1 Å². The Morgan fingerprint density at radius 1 is 0.862 bits per heavy atom. The third-order valence-corrected chi connectivity index (χ3v) is 11.2. The topological polar surface area (TPSA) is 25.8 Å². The third kappa shape index (κ3) is 3.08. The van der Waals surface area contributed by atoms with E-state index in [1.807, 2.05) is 11.3 Å². The van der Waals surface area contributed by atoms with Gasteiger partial charge >= 0.3 is 178 Å². The molecule has 3 aromatic carbocycles. The van der Waals surface area contributed by atoms with Gasteiger partial charge in [-0.25, -0.2) is 0 Å². The first-order valence-corrected chi connectivity index (χ1v) is 18.2. The van der Waals surface area contributed by atoms with Gasteiger partial charge in [0.05, 0.1) is 0 Å². The third-order valence-electron chi connectivity index (χ3n) is 5.71. The van der Waals surface area contributed by atoms with Crippen molar-refractivity contribution in [1.29, 1.82) is 0 Å². The predicted octanol–water partition coefficient (Wildman–Crippen LogP) is 6.83. The van der Waals surface area contributed by atoms with Crippen molar-refractivity contribution in [3.05, 3.63) is 66.0 Å². The Balaban J connectivity index is 1.85. The van der Waals surface area contributed by atoms with Gasteiger partial charge in [0.2, 0.25) is 0 Å². The van der Waals surface area contributed by atoms with Gasteiger partial charge in [0.15, 0.2) is 0 Å². The Labute approximate surface area is 178 Å². The van der Waals surface area contributed by atoms with Crippen LogP contribution >= 0.6 is 11.3 Å². The normalized spacial score (nSPS) is 12.3. The predicted molar refractivity (Wildman–Crippen MR) is 130 cm³/mol. The van der Waals surface area contributed by atoms with E-state index in [2.05, 4.69) is 84.6 Å². The molecular weight excluding hydrogens is 433 g/mol. The number of aryl methyl sites for hydroxylation is 2. The minimum atomic E-state index is -1.91. The molecule has 0 atom stereocenters. The van der Waals surface area contributed by atoms with Crippen molar-refractivity contribution in [1.82, 2.24) is 9.97 Å². The monoisotopic (exact) mass is 458 g/mol. The van der Waals surface area contributed by atoms with Gasteiger partial charge < -0.3 is 0 Å². The first-order chi connectivity index (χ1) is 13.8. The molecule has 0 spiro atoms. The molecule has 2 nitrogen and oxygen atoms in total.